The Hall–Kier alpha value is -1.19. The Bertz CT molecular complexity index is 445. The molecule has 0 atom stereocenters. The summed E-state index contributed by atoms with van der Waals surface area (Å²) in [5, 5.41) is 8.47. The third kappa shape index (κ3) is 3.81. The quantitative estimate of drug-likeness (QED) is 0.827. The molecule has 1 N–H and O–H groups in total. The summed E-state index contributed by atoms with van der Waals surface area (Å²) >= 11 is -3.89. The van der Waals surface area contributed by atoms with Gasteiger partial charge in [-0.25, -0.2) is 0 Å². The number of rotatable bonds is 4. The van der Waals surface area contributed by atoms with E-state index in [1.54, 1.807) is 12.1 Å². The van der Waals surface area contributed by atoms with Crippen LogP contribution in [0.15, 0.2) is 24.3 Å². The van der Waals surface area contributed by atoms with E-state index in [0.29, 0.717) is 10.9 Å². The van der Waals surface area contributed by atoms with Gasteiger partial charge in [-0.15, -0.1) is 0 Å². The first-order chi connectivity index (χ1) is 6.89. The molecule has 15 heavy (non-hydrogen) atoms. The molecule has 0 saturated carbocycles. The zero-order chi connectivity index (χ0) is 11.5. The number of hydrogen-bond acceptors (Lipinski definition) is 3. The van der Waals surface area contributed by atoms with Crippen LogP contribution in [0.5, 0.6) is 0 Å². The SMILES string of the molecule is C[Se](=O)(=O)c1ccc(CCC(=O)O)cc1. The molecule has 0 bridgehead atoms. The molecule has 1 rings (SSSR count). The summed E-state index contributed by atoms with van der Waals surface area (Å²) in [7, 11) is 0. The van der Waals surface area contributed by atoms with Crippen molar-refractivity contribution in [2.75, 3.05) is 0 Å². The van der Waals surface area contributed by atoms with E-state index in [1.165, 1.54) is 18.0 Å². The van der Waals surface area contributed by atoms with Crippen LogP contribution in [0.2, 0.25) is 5.82 Å². The average Bonchev–Trinajstić information content (AvgIpc) is 2.14. The van der Waals surface area contributed by atoms with Crippen molar-refractivity contribution in [1.29, 1.82) is 0 Å². The summed E-state index contributed by atoms with van der Waals surface area (Å²) in [6.45, 7) is 0. The van der Waals surface area contributed by atoms with Crippen molar-refractivity contribution in [3.8, 4) is 0 Å². The van der Waals surface area contributed by atoms with Crippen LogP contribution >= 0.6 is 0 Å². The molecule has 0 aliphatic heterocycles. The first-order valence-electron chi connectivity index (χ1n) is 4.40. The molecule has 0 saturated heterocycles. The van der Waals surface area contributed by atoms with Gasteiger partial charge in [0.15, 0.2) is 0 Å². The summed E-state index contributed by atoms with van der Waals surface area (Å²) < 4.78 is 22.7. The molecule has 1 aromatic rings. The second-order valence-corrected chi connectivity index (χ2v) is 7.54. The minimum absolute atomic E-state index is 0.0597. The van der Waals surface area contributed by atoms with Crippen LogP contribution < -0.4 is 4.46 Å². The Balaban J connectivity index is 2.77. The number of aliphatic carboxylic acids is 1. The van der Waals surface area contributed by atoms with Crippen LogP contribution in [0.3, 0.4) is 0 Å². The van der Waals surface area contributed by atoms with Gasteiger partial charge in [0, 0.05) is 0 Å². The number of hydrogen-bond donors (Lipinski definition) is 1. The van der Waals surface area contributed by atoms with Gasteiger partial charge >= 0.3 is 89.2 Å². The molecule has 0 heterocycles. The second-order valence-electron chi connectivity index (χ2n) is 3.31. The third-order valence-electron chi connectivity index (χ3n) is 1.98. The molecular weight excluding hydrogens is 263 g/mol. The van der Waals surface area contributed by atoms with E-state index in [1.807, 2.05) is 0 Å². The summed E-state index contributed by atoms with van der Waals surface area (Å²) in [5.74, 6) is 0.357. The number of carbonyl (C=O) groups is 1. The van der Waals surface area contributed by atoms with Crippen molar-refractivity contribution < 1.29 is 17.6 Å². The molecule has 82 valence electrons. The van der Waals surface area contributed by atoms with Crippen molar-refractivity contribution >= 4 is 23.1 Å². The van der Waals surface area contributed by atoms with Gasteiger partial charge in [-0.2, -0.15) is 0 Å². The van der Waals surface area contributed by atoms with Crippen LogP contribution in [-0.4, -0.2) is 23.8 Å². The molecule has 1 aromatic carbocycles. The molecule has 0 aromatic heterocycles. The van der Waals surface area contributed by atoms with Crippen LogP contribution in [0, 0.1) is 0 Å². The zero-order valence-electron chi connectivity index (χ0n) is 8.30. The van der Waals surface area contributed by atoms with Gasteiger partial charge in [0.05, 0.1) is 0 Å². The number of aryl methyl sites for hydroxylation is 1. The van der Waals surface area contributed by atoms with Gasteiger partial charge in [-0.05, 0) is 0 Å². The van der Waals surface area contributed by atoms with Gasteiger partial charge in [0.1, 0.15) is 0 Å². The van der Waals surface area contributed by atoms with E-state index in [-0.39, 0.29) is 6.42 Å². The predicted molar refractivity (Wildman–Crippen MR) is 55.0 cm³/mol. The summed E-state index contributed by atoms with van der Waals surface area (Å²) in [6.07, 6.45) is 0.484. The van der Waals surface area contributed by atoms with Crippen molar-refractivity contribution in [2.45, 2.75) is 18.7 Å². The van der Waals surface area contributed by atoms with Gasteiger partial charge in [-0.3, -0.25) is 0 Å². The van der Waals surface area contributed by atoms with Crippen LogP contribution in [-0.2, 0) is 18.9 Å². The van der Waals surface area contributed by atoms with Crippen LogP contribution in [0.4, 0.5) is 0 Å². The Kier molecular flexibility index (Phi) is 3.61. The van der Waals surface area contributed by atoms with Crippen molar-refractivity contribution in [2.24, 2.45) is 0 Å². The Morgan fingerprint density at radius 1 is 1.27 bits per heavy atom. The van der Waals surface area contributed by atoms with E-state index < -0.39 is 18.7 Å². The number of benzene rings is 1. The first kappa shape index (κ1) is 11.9. The molecular formula is C10H12O4Se. The molecule has 0 radical (unpaired) electrons. The summed E-state index contributed by atoms with van der Waals surface area (Å²) in [4.78, 5) is 10.3. The Morgan fingerprint density at radius 3 is 2.20 bits per heavy atom. The Morgan fingerprint density at radius 2 is 1.80 bits per heavy atom. The van der Waals surface area contributed by atoms with E-state index in [9.17, 15) is 12.5 Å². The van der Waals surface area contributed by atoms with Crippen molar-refractivity contribution in [1.82, 2.24) is 0 Å². The second kappa shape index (κ2) is 4.55. The van der Waals surface area contributed by atoms with Crippen molar-refractivity contribution in [3.63, 3.8) is 0 Å². The van der Waals surface area contributed by atoms with E-state index >= 15 is 0 Å². The van der Waals surface area contributed by atoms with Crippen LogP contribution in [0.25, 0.3) is 0 Å². The fraction of sp³-hybridized carbons (Fsp3) is 0.300. The van der Waals surface area contributed by atoms with Gasteiger partial charge in [0.2, 0.25) is 0 Å². The summed E-state index contributed by atoms with van der Waals surface area (Å²) in [6, 6.07) is 6.36. The topological polar surface area (TPSA) is 71.4 Å². The standard InChI is InChI=1S/C10H12O4Se/c1-15(13,14)9-5-2-8(3-6-9)4-7-10(11)12/h2-3,5-6H,4,7H2,1H3,(H,11,12). The maximum atomic E-state index is 11.2. The molecule has 0 aliphatic rings. The first-order valence-corrected chi connectivity index (χ1v) is 8.37. The van der Waals surface area contributed by atoms with Crippen LogP contribution in [0.1, 0.15) is 12.0 Å². The fourth-order valence-corrected chi connectivity index (χ4v) is 2.48. The Labute approximate surface area is 89.6 Å². The molecule has 0 fully saturated rings. The van der Waals surface area contributed by atoms with E-state index in [2.05, 4.69) is 0 Å². The van der Waals surface area contributed by atoms with E-state index in [4.69, 9.17) is 5.11 Å². The molecule has 0 spiro atoms. The fourth-order valence-electron chi connectivity index (χ4n) is 1.15. The maximum absolute atomic E-state index is 11.2. The van der Waals surface area contributed by atoms with Gasteiger partial charge in [-0.1, -0.05) is 0 Å². The molecule has 0 unspecified atom stereocenters. The monoisotopic (exact) mass is 276 g/mol. The molecule has 0 amide bonds. The number of carboxylic acids is 1. The molecule has 5 heteroatoms. The normalized spacial score (nSPS) is 11.3. The van der Waals surface area contributed by atoms with Gasteiger partial charge in [0.25, 0.3) is 0 Å². The summed E-state index contributed by atoms with van der Waals surface area (Å²) in [5.41, 5.74) is 0.836. The third-order valence-corrected chi connectivity index (χ3v) is 4.35. The number of carboxylic acid groups (broad SMARTS) is 1. The minimum atomic E-state index is -3.89. The van der Waals surface area contributed by atoms with Gasteiger partial charge < -0.3 is 0 Å². The predicted octanol–water partition coefficient (Wildman–Crippen LogP) is 0.844. The zero-order valence-corrected chi connectivity index (χ0v) is 10.0. The molecule has 0 aliphatic carbocycles. The molecule has 4 nitrogen and oxygen atoms in total. The van der Waals surface area contributed by atoms with E-state index in [0.717, 1.165) is 5.56 Å². The van der Waals surface area contributed by atoms with Crippen molar-refractivity contribution in [3.05, 3.63) is 29.8 Å². The average molecular weight is 275 g/mol.